The maximum absolute atomic E-state index is 5.81. The molecule has 2 aromatic rings. The van der Waals surface area contributed by atoms with E-state index in [2.05, 4.69) is 42.5 Å². The van der Waals surface area contributed by atoms with E-state index in [-0.39, 0.29) is 5.41 Å². The molecule has 1 nitrogen and oxygen atoms in total. The van der Waals surface area contributed by atoms with Gasteiger partial charge in [0.05, 0.1) is 5.41 Å². The second-order valence-corrected chi connectivity index (χ2v) is 4.70. The van der Waals surface area contributed by atoms with Crippen LogP contribution in [0.3, 0.4) is 0 Å². The molecule has 0 aromatic heterocycles. The molecular weight excluding hydrogens is 196 g/mol. The Hall–Kier alpha value is -1.76. The topological polar surface area (TPSA) is 9.23 Å². The van der Waals surface area contributed by atoms with Crippen LogP contribution in [0.5, 0.6) is 5.75 Å². The van der Waals surface area contributed by atoms with Gasteiger partial charge in [-0.2, -0.15) is 0 Å². The third-order valence-corrected chi connectivity index (χ3v) is 3.90. The van der Waals surface area contributed by atoms with E-state index in [1.807, 2.05) is 6.07 Å². The average molecular weight is 208 g/mol. The Kier molecular flexibility index (Phi) is 1.40. The van der Waals surface area contributed by atoms with Gasteiger partial charge in [0.15, 0.2) is 0 Å². The van der Waals surface area contributed by atoms with Gasteiger partial charge in [-0.15, -0.1) is 0 Å². The summed E-state index contributed by atoms with van der Waals surface area (Å²) >= 11 is 0. The number of para-hydroxylation sites is 1. The molecule has 4 rings (SSSR count). The van der Waals surface area contributed by atoms with Gasteiger partial charge >= 0.3 is 0 Å². The molecule has 16 heavy (non-hydrogen) atoms. The van der Waals surface area contributed by atoms with Crippen molar-refractivity contribution in [2.24, 2.45) is 0 Å². The van der Waals surface area contributed by atoms with E-state index in [0.717, 1.165) is 18.8 Å². The van der Waals surface area contributed by atoms with Gasteiger partial charge in [0.25, 0.3) is 0 Å². The van der Waals surface area contributed by atoms with E-state index in [9.17, 15) is 0 Å². The molecule has 1 aliphatic carbocycles. The lowest BCUT2D eigenvalue weighted by atomic mass is 9.61. The summed E-state index contributed by atoms with van der Waals surface area (Å²) in [5.74, 6) is 1.07. The van der Waals surface area contributed by atoms with Crippen LogP contribution in [0.1, 0.15) is 16.7 Å². The van der Waals surface area contributed by atoms with E-state index < -0.39 is 0 Å². The Balaban J connectivity index is 1.94. The van der Waals surface area contributed by atoms with Crippen LogP contribution in [0.15, 0.2) is 48.5 Å². The summed E-state index contributed by atoms with van der Waals surface area (Å²) < 4.78 is 5.81. The fourth-order valence-electron chi connectivity index (χ4n) is 3.09. The zero-order valence-electron chi connectivity index (χ0n) is 8.94. The molecule has 2 aliphatic rings. The molecule has 1 heterocycles. The maximum atomic E-state index is 5.81. The Morgan fingerprint density at radius 1 is 0.875 bits per heavy atom. The monoisotopic (exact) mass is 208 g/mol. The van der Waals surface area contributed by atoms with Gasteiger partial charge in [-0.1, -0.05) is 42.5 Å². The smallest absolute Gasteiger partial charge is 0.123 e. The summed E-state index contributed by atoms with van der Waals surface area (Å²) in [6.45, 7) is 0.809. The van der Waals surface area contributed by atoms with Gasteiger partial charge < -0.3 is 4.74 Å². The van der Waals surface area contributed by atoms with Crippen molar-refractivity contribution in [3.05, 3.63) is 65.2 Å². The first kappa shape index (κ1) is 8.40. The Bertz CT molecular complexity index is 573. The quantitative estimate of drug-likeness (QED) is 0.646. The molecule has 1 spiro atoms. The number of hydrogen-bond donors (Lipinski definition) is 0. The van der Waals surface area contributed by atoms with Gasteiger partial charge in [-0.25, -0.2) is 0 Å². The zero-order chi connectivity index (χ0) is 10.6. The van der Waals surface area contributed by atoms with Crippen LogP contribution < -0.4 is 4.74 Å². The molecule has 0 N–H and O–H groups in total. The summed E-state index contributed by atoms with van der Waals surface area (Å²) in [5.41, 5.74) is 4.46. The normalized spacial score (nSPS) is 24.5. The van der Waals surface area contributed by atoms with Crippen molar-refractivity contribution in [1.82, 2.24) is 0 Å². The molecule has 0 amide bonds. The molecular formula is C15H12O. The minimum atomic E-state index is 0.160. The van der Waals surface area contributed by atoms with Crippen LogP contribution in [-0.4, -0.2) is 6.61 Å². The molecule has 1 aliphatic heterocycles. The highest BCUT2D eigenvalue weighted by molar-refractivity contribution is 5.59. The first-order valence-electron chi connectivity index (χ1n) is 5.71. The van der Waals surface area contributed by atoms with Crippen LogP contribution in [-0.2, 0) is 11.8 Å². The first-order chi connectivity index (χ1) is 7.90. The van der Waals surface area contributed by atoms with Crippen LogP contribution in [0, 0.1) is 0 Å². The SMILES string of the molecule is c1ccc2c(c1)CC21COc2ccccc21. The molecule has 78 valence electrons. The number of ether oxygens (including phenoxy) is 1. The summed E-state index contributed by atoms with van der Waals surface area (Å²) in [7, 11) is 0. The van der Waals surface area contributed by atoms with Crippen LogP contribution in [0.4, 0.5) is 0 Å². The lowest BCUT2D eigenvalue weighted by Gasteiger charge is -2.40. The molecule has 0 saturated heterocycles. The Morgan fingerprint density at radius 3 is 2.50 bits per heavy atom. The first-order valence-corrected chi connectivity index (χ1v) is 5.71. The largest absolute Gasteiger partial charge is 0.492 e. The fraction of sp³-hybridized carbons (Fsp3) is 0.200. The molecule has 0 saturated carbocycles. The van der Waals surface area contributed by atoms with E-state index in [1.165, 1.54) is 16.7 Å². The molecule has 0 fully saturated rings. The predicted molar refractivity (Wildman–Crippen MR) is 62.9 cm³/mol. The lowest BCUT2D eigenvalue weighted by molar-refractivity contribution is 0.273. The second kappa shape index (κ2) is 2.67. The second-order valence-electron chi connectivity index (χ2n) is 4.70. The number of rotatable bonds is 0. The van der Waals surface area contributed by atoms with E-state index >= 15 is 0 Å². The summed E-state index contributed by atoms with van der Waals surface area (Å²) in [5, 5.41) is 0. The minimum absolute atomic E-state index is 0.160. The third-order valence-electron chi connectivity index (χ3n) is 3.90. The highest BCUT2D eigenvalue weighted by Gasteiger charge is 2.49. The van der Waals surface area contributed by atoms with Gasteiger partial charge in [-0.3, -0.25) is 0 Å². The fourth-order valence-corrected chi connectivity index (χ4v) is 3.09. The van der Waals surface area contributed by atoms with Gasteiger partial charge in [0.1, 0.15) is 12.4 Å². The van der Waals surface area contributed by atoms with E-state index in [0.29, 0.717) is 0 Å². The highest BCUT2D eigenvalue weighted by atomic mass is 16.5. The zero-order valence-corrected chi connectivity index (χ0v) is 8.94. The number of hydrogen-bond acceptors (Lipinski definition) is 1. The third kappa shape index (κ3) is 0.827. The number of fused-ring (bicyclic) bond motifs is 4. The lowest BCUT2D eigenvalue weighted by Crippen LogP contribution is -2.41. The van der Waals surface area contributed by atoms with Crippen LogP contribution in [0.25, 0.3) is 0 Å². The Morgan fingerprint density at radius 2 is 1.62 bits per heavy atom. The minimum Gasteiger partial charge on any atom is -0.492 e. The van der Waals surface area contributed by atoms with Crippen molar-refractivity contribution >= 4 is 0 Å². The average Bonchev–Trinajstić information content (AvgIpc) is 2.70. The highest BCUT2D eigenvalue weighted by Crippen LogP contribution is 2.52. The number of benzene rings is 2. The Labute approximate surface area is 94.7 Å². The molecule has 0 radical (unpaired) electrons. The molecule has 1 unspecified atom stereocenters. The van der Waals surface area contributed by atoms with Gasteiger partial charge in [0, 0.05) is 5.56 Å². The van der Waals surface area contributed by atoms with Crippen molar-refractivity contribution in [2.75, 3.05) is 6.61 Å². The maximum Gasteiger partial charge on any atom is 0.123 e. The van der Waals surface area contributed by atoms with Gasteiger partial charge in [0.2, 0.25) is 0 Å². The van der Waals surface area contributed by atoms with Gasteiger partial charge in [-0.05, 0) is 23.6 Å². The van der Waals surface area contributed by atoms with Crippen LogP contribution >= 0.6 is 0 Å². The molecule has 1 atom stereocenters. The predicted octanol–water partition coefficient (Wildman–Crippen LogP) is 2.92. The summed E-state index contributed by atoms with van der Waals surface area (Å²) in [6, 6.07) is 17.1. The van der Waals surface area contributed by atoms with Crippen molar-refractivity contribution < 1.29 is 4.74 Å². The van der Waals surface area contributed by atoms with Crippen LogP contribution in [0.2, 0.25) is 0 Å². The van der Waals surface area contributed by atoms with Crippen molar-refractivity contribution in [1.29, 1.82) is 0 Å². The molecule has 2 aromatic carbocycles. The van der Waals surface area contributed by atoms with E-state index in [1.54, 1.807) is 0 Å². The summed E-state index contributed by atoms with van der Waals surface area (Å²) in [6.07, 6.45) is 1.13. The molecule has 0 bridgehead atoms. The van der Waals surface area contributed by atoms with Crippen molar-refractivity contribution in [2.45, 2.75) is 11.8 Å². The van der Waals surface area contributed by atoms with Crippen molar-refractivity contribution in [3.63, 3.8) is 0 Å². The van der Waals surface area contributed by atoms with Crippen molar-refractivity contribution in [3.8, 4) is 5.75 Å². The van der Waals surface area contributed by atoms with E-state index in [4.69, 9.17) is 4.74 Å². The standard InChI is InChI=1S/C15H12O/c1-2-6-12-11(5-1)9-15(12)10-16-14-8-4-3-7-13(14)15/h1-8H,9-10H2. The molecule has 1 heteroatoms. The summed E-state index contributed by atoms with van der Waals surface area (Å²) in [4.78, 5) is 0.